The van der Waals surface area contributed by atoms with Crippen LogP contribution in [-0.4, -0.2) is 22.9 Å². The average molecular weight is 378 g/mol. The Kier molecular flexibility index (Phi) is 6.32. The molecule has 0 saturated heterocycles. The molecule has 0 aliphatic heterocycles. The van der Waals surface area contributed by atoms with Gasteiger partial charge >= 0.3 is 5.97 Å². The van der Waals surface area contributed by atoms with E-state index < -0.39 is 17.6 Å². The first kappa shape index (κ1) is 19.2. The second kappa shape index (κ2) is 8.89. The maximum atomic E-state index is 12.0. The first-order chi connectivity index (χ1) is 13.2. The molecule has 0 saturated carbocycles. The van der Waals surface area contributed by atoms with Crippen molar-refractivity contribution in [3.8, 4) is 0 Å². The maximum absolute atomic E-state index is 12.0. The zero-order valence-electron chi connectivity index (χ0n) is 15.0. The molecule has 0 heterocycles. The summed E-state index contributed by atoms with van der Waals surface area (Å²) in [4.78, 5) is 12.0. The zero-order valence-corrected chi connectivity index (χ0v) is 15.8. The minimum atomic E-state index is -0.879. The van der Waals surface area contributed by atoms with Gasteiger partial charge in [0.05, 0.1) is 5.54 Å². The summed E-state index contributed by atoms with van der Waals surface area (Å²) in [6, 6.07) is 29.2. The molecule has 0 amide bonds. The first-order valence-electron chi connectivity index (χ1n) is 8.96. The van der Waals surface area contributed by atoms with E-state index in [4.69, 9.17) is 0 Å². The smallest absolute Gasteiger partial charge is 0.320 e. The predicted octanol–water partition coefficient (Wildman–Crippen LogP) is 4.34. The summed E-state index contributed by atoms with van der Waals surface area (Å²) >= 11 is 4.26. The minimum absolute atomic E-state index is 0.423. The largest absolute Gasteiger partial charge is 0.480 e. The lowest BCUT2D eigenvalue weighted by Gasteiger charge is -2.39. The number of thiol groups is 1. The zero-order chi connectivity index (χ0) is 19.1. The molecule has 3 aromatic carbocycles. The van der Waals surface area contributed by atoms with Gasteiger partial charge in [0.25, 0.3) is 0 Å². The lowest BCUT2D eigenvalue weighted by molar-refractivity contribution is -0.139. The van der Waals surface area contributed by atoms with Crippen LogP contribution in [0.2, 0.25) is 0 Å². The number of hydrogen-bond acceptors (Lipinski definition) is 3. The summed E-state index contributed by atoms with van der Waals surface area (Å²) in [5.74, 6) is -0.394. The molecule has 3 aromatic rings. The van der Waals surface area contributed by atoms with E-state index in [1.54, 1.807) is 0 Å². The summed E-state index contributed by atoms with van der Waals surface area (Å²) in [5, 5.41) is 13.3. The Morgan fingerprint density at radius 3 is 1.48 bits per heavy atom. The van der Waals surface area contributed by atoms with Crippen LogP contribution in [0.25, 0.3) is 0 Å². The van der Waals surface area contributed by atoms with Crippen LogP contribution in [0.15, 0.2) is 91.0 Å². The lowest BCUT2D eigenvalue weighted by atomic mass is 9.76. The topological polar surface area (TPSA) is 49.3 Å². The second-order valence-corrected chi connectivity index (χ2v) is 6.84. The Balaban J connectivity index is 2.27. The van der Waals surface area contributed by atoms with Crippen molar-refractivity contribution in [2.45, 2.75) is 18.0 Å². The van der Waals surface area contributed by atoms with E-state index >= 15 is 0 Å². The third kappa shape index (κ3) is 4.07. The monoisotopic (exact) mass is 377 g/mol. The van der Waals surface area contributed by atoms with E-state index in [9.17, 15) is 9.90 Å². The number of carbonyl (C=O) groups is 1. The van der Waals surface area contributed by atoms with Gasteiger partial charge in [-0.05, 0) is 28.9 Å². The van der Waals surface area contributed by atoms with E-state index in [-0.39, 0.29) is 0 Å². The van der Waals surface area contributed by atoms with Crippen LogP contribution < -0.4 is 5.32 Å². The van der Waals surface area contributed by atoms with Crippen LogP contribution in [0.4, 0.5) is 0 Å². The molecule has 3 rings (SSSR count). The van der Waals surface area contributed by atoms with Crippen LogP contribution >= 0.6 is 12.6 Å². The molecule has 27 heavy (non-hydrogen) atoms. The Hall–Kier alpha value is -2.56. The van der Waals surface area contributed by atoms with Gasteiger partial charge < -0.3 is 5.11 Å². The highest BCUT2D eigenvalue weighted by Crippen LogP contribution is 2.37. The van der Waals surface area contributed by atoms with Gasteiger partial charge in [0.1, 0.15) is 6.04 Å². The molecule has 1 atom stereocenters. The van der Waals surface area contributed by atoms with Gasteiger partial charge in [0.2, 0.25) is 0 Å². The van der Waals surface area contributed by atoms with Crippen molar-refractivity contribution in [2.75, 3.05) is 5.75 Å². The van der Waals surface area contributed by atoms with E-state index in [1.807, 2.05) is 91.0 Å². The number of benzene rings is 3. The van der Waals surface area contributed by atoms with Gasteiger partial charge in [-0.1, -0.05) is 91.0 Å². The Morgan fingerprint density at radius 2 is 1.19 bits per heavy atom. The van der Waals surface area contributed by atoms with E-state index in [1.165, 1.54) is 0 Å². The summed E-state index contributed by atoms with van der Waals surface area (Å²) in [6.45, 7) is 0. The number of hydrogen-bond donors (Lipinski definition) is 3. The summed E-state index contributed by atoms with van der Waals surface area (Å²) in [6.07, 6.45) is 0.423. The predicted molar refractivity (Wildman–Crippen MR) is 112 cm³/mol. The molecule has 0 aliphatic rings. The lowest BCUT2D eigenvalue weighted by Crippen LogP contribution is -2.52. The number of carboxylic acid groups (broad SMARTS) is 1. The average Bonchev–Trinajstić information content (AvgIpc) is 2.73. The molecule has 1 unspecified atom stereocenters. The summed E-state index contributed by atoms with van der Waals surface area (Å²) in [7, 11) is 0. The first-order valence-corrected chi connectivity index (χ1v) is 9.59. The number of nitrogens with one attached hydrogen (secondary N) is 1. The normalized spacial score (nSPS) is 12.5. The van der Waals surface area contributed by atoms with Crippen molar-refractivity contribution in [3.05, 3.63) is 108 Å². The second-order valence-electron chi connectivity index (χ2n) is 6.40. The molecule has 0 aliphatic carbocycles. The fourth-order valence-corrected chi connectivity index (χ4v) is 3.72. The molecule has 138 valence electrons. The number of rotatable bonds is 8. The van der Waals surface area contributed by atoms with Crippen molar-refractivity contribution in [2.24, 2.45) is 0 Å². The van der Waals surface area contributed by atoms with Crippen LogP contribution in [0, 0.1) is 0 Å². The molecule has 3 nitrogen and oxygen atoms in total. The number of carboxylic acids is 1. The van der Waals surface area contributed by atoms with E-state index in [2.05, 4.69) is 17.9 Å². The molecule has 2 N–H and O–H groups in total. The Labute approximate surface area is 165 Å². The van der Waals surface area contributed by atoms with Gasteiger partial charge in [-0.2, -0.15) is 12.6 Å². The van der Waals surface area contributed by atoms with Gasteiger partial charge in [-0.3, -0.25) is 10.1 Å². The van der Waals surface area contributed by atoms with Crippen molar-refractivity contribution >= 4 is 18.6 Å². The molecule has 4 heteroatoms. The van der Waals surface area contributed by atoms with Crippen molar-refractivity contribution in [3.63, 3.8) is 0 Å². The maximum Gasteiger partial charge on any atom is 0.320 e. The third-order valence-electron chi connectivity index (χ3n) is 4.73. The highest BCUT2D eigenvalue weighted by Gasteiger charge is 2.39. The Bertz CT molecular complexity index is 757. The summed E-state index contributed by atoms with van der Waals surface area (Å²) < 4.78 is 0. The number of aliphatic carboxylic acids is 1. The highest BCUT2D eigenvalue weighted by atomic mass is 32.1. The standard InChI is InChI=1S/C23H23NO2S/c25-22(26)21(16-17-27)24-23(18-10-4-1-5-11-18,19-12-6-2-7-13-19)20-14-8-3-9-15-20/h1-15,21,24,27H,16-17H2,(H,25,26). The van der Waals surface area contributed by atoms with Crippen LogP contribution in [0.3, 0.4) is 0 Å². The van der Waals surface area contributed by atoms with Gasteiger partial charge in [-0.15, -0.1) is 0 Å². The SMILES string of the molecule is O=C(O)C(CCS)NC(c1ccccc1)(c1ccccc1)c1ccccc1. The molecule has 0 aromatic heterocycles. The third-order valence-corrected chi connectivity index (χ3v) is 4.99. The molecule has 0 radical (unpaired) electrons. The molecule has 0 fully saturated rings. The van der Waals surface area contributed by atoms with Crippen molar-refractivity contribution in [1.82, 2.24) is 5.32 Å². The van der Waals surface area contributed by atoms with Crippen LogP contribution in [-0.2, 0) is 10.3 Å². The van der Waals surface area contributed by atoms with Crippen LogP contribution in [0.5, 0.6) is 0 Å². The van der Waals surface area contributed by atoms with Crippen molar-refractivity contribution < 1.29 is 9.90 Å². The quantitative estimate of drug-likeness (QED) is 0.404. The summed E-state index contributed by atoms with van der Waals surface area (Å²) in [5.41, 5.74) is 2.20. The molecular formula is C23H23NO2S. The molecule has 0 spiro atoms. The minimum Gasteiger partial charge on any atom is -0.480 e. The molecular weight excluding hydrogens is 354 g/mol. The van der Waals surface area contributed by atoms with Gasteiger partial charge in [-0.25, -0.2) is 0 Å². The fraction of sp³-hybridized carbons (Fsp3) is 0.174. The highest BCUT2D eigenvalue weighted by molar-refractivity contribution is 7.80. The van der Waals surface area contributed by atoms with Crippen molar-refractivity contribution in [1.29, 1.82) is 0 Å². The Morgan fingerprint density at radius 1 is 0.815 bits per heavy atom. The molecule has 0 bridgehead atoms. The van der Waals surface area contributed by atoms with Gasteiger partial charge in [0.15, 0.2) is 0 Å². The van der Waals surface area contributed by atoms with Crippen LogP contribution in [0.1, 0.15) is 23.1 Å². The van der Waals surface area contributed by atoms with E-state index in [0.717, 1.165) is 16.7 Å². The fourth-order valence-electron chi connectivity index (χ4n) is 3.46. The van der Waals surface area contributed by atoms with Gasteiger partial charge in [0, 0.05) is 0 Å². The van der Waals surface area contributed by atoms with E-state index in [0.29, 0.717) is 12.2 Å².